The van der Waals surface area contributed by atoms with Crippen LogP contribution in [-0.2, 0) is 0 Å². The van der Waals surface area contributed by atoms with Crippen molar-refractivity contribution < 1.29 is 4.79 Å². The number of piperidine rings is 1. The van der Waals surface area contributed by atoms with E-state index in [0.717, 1.165) is 53.6 Å². The Labute approximate surface area is 168 Å². The van der Waals surface area contributed by atoms with E-state index in [0.29, 0.717) is 5.56 Å². The molecule has 4 aromatic rings. The molecule has 0 bridgehead atoms. The maximum absolute atomic E-state index is 13.2. The molecular formula is C22H20N6O. The van der Waals surface area contributed by atoms with Crippen LogP contribution in [0.1, 0.15) is 29.6 Å². The molecule has 0 aliphatic carbocycles. The second-order valence-corrected chi connectivity index (χ2v) is 7.25. The van der Waals surface area contributed by atoms with Crippen LogP contribution < -0.4 is 0 Å². The summed E-state index contributed by atoms with van der Waals surface area (Å²) in [6.07, 6.45) is 6.62. The van der Waals surface area contributed by atoms with E-state index in [9.17, 15) is 4.79 Å². The number of benzene rings is 2. The van der Waals surface area contributed by atoms with Crippen LogP contribution in [0.25, 0.3) is 27.7 Å². The Balaban J connectivity index is 1.66. The van der Waals surface area contributed by atoms with Gasteiger partial charge in [-0.3, -0.25) is 9.78 Å². The summed E-state index contributed by atoms with van der Waals surface area (Å²) in [4.78, 5) is 19.6. The van der Waals surface area contributed by atoms with Gasteiger partial charge in [-0.2, -0.15) is 0 Å². The van der Waals surface area contributed by atoms with E-state index in [1.807, 2.05) is 47.4 Å². The number of amides is 1. The molecule has 1 fully saturated rings. The molecule has 2 aromatic carbocycles. The second kappa shape index (κ2) is 7.43. The highest BCUT2D eigenvalue weighted by atomic mass is 16.2. The molecule has 5 rings (SSSR count). The highest BCUT2D eigenvalue weighted by Gasteiger charge is 2.20. The van der Waals surface area contributed by atoms with Crippen molar-refractivity contribution in [2.75, 3.05) is 13.1 Å². The predicted molar refractivity (Wildman–Crippen MR) is 110 cm³/mol. The largest absolute Gasteiger partial charge is 0.339 e. The van der Waals surface area contributed by atoms with Crippen LogP contribution in [0.3, 0.4) is 0 Å². The fourth-order valence-electron chi connectivity index (χ4n) is 3.94. The highest BCUT2D eigenvalue weighted by molar-refractivity contribution is 5.99. The van der Waals surface area contributed by atoms with Crippen LogP contribution in [0.5, 0.6) is 0 Å². The van der Waals surface area contributed by atoms with E-state index >= 15 is 0 Å². The number of rotatable bonds is 3. The zero-order valence-corrected chi connectivity index (χ0v) is 15.9. The van der Waals surface area contributed by atoms with Crippen molar-refractivity contribution in [2.45, 2.75) is 19.3 Å². The Kier molecular flexibility index (Phi) is 4.48. The first kappa shape index (κ1) is 17.5. The van der Waals surface area contributed by atoms with Gasteiger partial charge >= 0.3 is 0 Å². The lowest BCUT2D eigenvalue weighted by Crippen LogP contribution is -2.35. The molecule has 1 aliphatic rings. The summed E-state index contributed by atoms with van der Waals surface area (Å²) in [6, 6.07) is 15.8. The van der Waals surface area contributed by atoms with Gasteiger partial charge in [-0.25, -0.2) is 4.68 Å². The van der Waals surface area contributed by atoms with Gasteiger partial charge in [-0.15, -0.1) is 5.10 Å². The number of carbonyl (C=O) groups is 1. The summed E-state index contributed by atoms with van der Waals surface area (Å²) in [5, 5.41) is 12.5. The van der Waals surface area contributed by atoms with Crippen molar-refractivity contribution in [2.24, 2.45) is 0 Å². The molecule has 1 amide bonds. The fraction of sp³-hybridized carbons (Fsp3) is 0.227. The Morgan fingerprint density at radius 3 is 2.69 bits per heavy atom. The molecule has 0 radical (unpaired) electrons. The number of nitrogens with zero attached hydrogens (tertiary/aromatic N) is 6. The minimum absolute atomic E-state index is 0.0548. The van der Waals surface area contributed by atoms with Crippen LogP contribution in [0.2, 0.25) is 0 Å². The zero-order chi connectivity index (χ0) is 19.6. The average molecular weight is 384 g/mol. The number of likely N-dealkylation sites (tertiary alicyclic amines) is 1. The summed E-state index contributed by atoms with van der Waals surface area (Å²) < 4.78 is 1.58. The van der Waals surface area contributed by atoms with Gasteiger partial charge in [0.25, 0.3) is 5.91 Å². The SMILES string of the molecule is O=C(c1cc(-c2cccc3ncccc23)cc(-n2cnnn2)c1)N1CCCCC1. The smallest absolute Gasteiger partial charge is 0.253 e. The number of pyridine rings is 1. The zero-order valence-electron chi connectivity index (χ0n) is 15.9. The van der Waals surface area contributed by atoms with Gasteiger partial charge in [-0.05, 0) is 71.1 Å². The molecule has 1 aliphatic heterocycles. The minimum atomic E-state index is 0.0548. The third kappa shape index (κ3) is 3.35. The molecule has 29 heavy (non-hydrogen) atoms. The maximum atomic E-state index is 13.2. The summed E-state index contributed by atoms with van der Waals surface area (Å²) in [6.45, 7) is 1.61. The molecule has 0 unspecified atom stereocenters. The van der Waals surface area contributed by atoms with E-state index in [2.05, 4.69) is 26.6 Å². The van der Waals surface area contributed by atoms with Crippen LogP contribution >= 0.6 is 0 Å². The standard InChI is InChI=1S/C22H20N6O/c29-22(27-10-2-1-3-11-27)17-12-16(13-18(14-17)28-15-24-25-26-28)19-6-4-8-21-20(19)7-5-9-23-21/h4-9,12-15H,1-3,10-11H2. The second-order valence-electron chi connectivity index (χ2n) is 7.25. The van der Waals surface area contributed by atoms with Crippen LogP contribution in [0, 0.1) is 0 Å². The Bertz CT molecular complexity index is 1160. The van der Waals surface area contributed by atoms with Crippen molar-refractivity contribution >= 4 is 16.8 Å². The molecule has 0 N–H and O–H groups in total. The molecule has 7 heteroatoms. The highest BCUT2D eigenvalue weighted by Crippen LogP contribution is 2.30. The van der Waals surface area contributed by atoms with E-state index < -0.39 is 0 Å². The molecule has 7 nitrogen and oxygen atoms in total. The first-order chi connectivity index (χ1) is 14.3. The number of fused-ring (bicyclic) bond motifs is 1. The van der Waals surface area contributed by atoms with Gasteiger partial charge in [0.1, 0.15) is 6.33 Å². The van der Waals surface area contributed by atoms with Crippen LogP contribution in [0.4, 0.5) is 0 Å². The van der Waals surface area contributed by atoms with Crippen LogP contribution in [0.15, 0.2) is 61.1 Å². The van der Waals surface area contributed by atoms with Crippen molar-refractivity contribution in [1.82, 2.24) is 30.1 Å². The third-order valence-electron chi connectivity index (χ3n) is 5.38. The predicted octanol–water partition coefficient (Wildman–Crippen LogP) is 3.50. The molecule has 3 heterocycles. The molecule has 0 atom stereocenters. The summed E-state index contributed by atoms with van der Waals surface area (Å²) in [5.74, 6) is 0.0548. The first-order valence-corrected chi connectivity index (χ1v) is 9.81. The summed E-state index contributed by atoms with van der Waals surface area (Å²) in [5.41, 5.74) is 4.29. The molecular weight excluding hydrogens is 364 g/mol. The lowest BCUT2D eigenvalue weighted by molar-refractivity contribution is 0.0724. The van der Waals surface area contributed by atoms with E-state index in [1.165, 1.54) is 6.42 Å². The monoisotopic (exact) mass is 384 g/mol. The van der Waals surface area contributed by atoms with Gasteiger partial charge in [0.2, 0.25) is 0 Å². The van der Waals surface area contributed by atoms with Gasteiger partial charge < -0.3 is 4.90 Å². The molecule has 144 valence electrons. The first-order valence-electron chi connectivity index (χ1n) is 9.81. The summed E-state index contributed by atoms with van der Waals surface area (Å²) >= 11 is 0. The molecule has 0 spiro atoms. The van der Waals surface area contributed by atoms with Crippen molar-refractivity contribution in [3.63, 3.8) is 0 Å². The normalized spacial score (nSPS) is 14.3. The van der Waals surface area contributed by atoms with E-state index in [-0.39, 0.29) is 5.91 Å². The lowest BCUT2D eigenvalue weighted by Gasteiger charge is -2.27. The van der Waals surface area contributed by atoms with Gasteiger partial charge in [0.15, 0.2) is 0 Å². The third-order valence-corrected chi connectivity index (χ3v) is 5.38. The van der Waals surface area contributed by atoms with Crippen molar-refractivity contribution in [1.29, 1.82) is 0 Å². The number of carbonyl (C=O) groups excluding carboxylic acids is 1. The number of tetrazole rings is 1. The van der Waals surface area contributed by atoms with Crippen molar-refractivity contribution in [3.05, 3.63) is 66.6 Å². The van der Waals surface area contributed by atoms with Gasteiger partial charge in [0, 0.05) is 30.2 Å². The summed E-state index contributed by atoms with van der Waals surface area (Å²) in [7, 11) is 0. The average Bonchev–Trinajstić information content (AvgIpc) is 3.33. The Morgan fingerprint density at radius 2 is 1.86 bits per heavy atom. The number of aromatic nitrogens is 5. The quantitative estimate of drug-likeness (QED) is 0.540. The molecule has 2 aromatic heterocycles. The van der Waals surface area contributed by atoms with Gasteiger partial charge in [0.05, 0.1) is 11.2 Å². The van der Waals surface area contributed by atoms with Gasteiger partial charge in [-0.1, -0.05) is 18.2 Å². The minimum Gasteiger partial charge on any atom is -0.339 e. The topological polar surface area (TPSA) is 76.8 Å². The Hall–Kier alpha value is -3.61. The molecule has 1 saturated heterocycles. The number of hydrogen-bond acceptors (Lipinski definition) is 5. The lowest BCUT2D eigenvalue weighted by atomic mass is 9.97. The van der Waals surface area contributed by atoms with Crippen molar-refractivity contribution in [3.8, 4) is 16.8 Å². The number of hydrogen-bond donors (Lipinski definition) is 0. The fourth-order valence-corrected chi connectivity index (χ4v) is 3.94. The van der Waals surface area contributed by atoms with Crippen LogP contribution in [-0.4, -0.2) is 49.1 Å². The van der Waals surface area contributed by atoms with E-state index in [4.69, 9.17) is 0 Å². The van der Waals surface area contributed by atoms with E-state index in [1.54, 1.807) is 17.2 Å². The molecule has 0 saturated carbocycles. The maximum Gasteiger partial charge on any atom is 0.253 e. The Morgan fingerprint density at radius 1 is 0.966 bits per heavy atom.